The Morgan fingerprint density at radius 3 is 2.36 bits per heavy atom. The van der Waals surface area contributed by atoms with Crippen molar-refractivity contribution in [2.24, 2.45) is 0 Å². The lowest BCUT2D eigenvalue weighted by atomic mass is 9.65. The first-order chi connectivity index (χ1) is 6.65. The van der Waals surface area contributed by atoms with E-state index in [4.69, 9.17) is 0 Å². The number of hydrogen-bond donors (Lipinski definition) is 0. The van der Waals surface area contributed by atoms with Gasteiger partial charge in [0.1, 0.15) is 5.82 Å². The summed E-state index contributed by atoms with van der Waals surface area (Å²) in [6.45, 7) is 0. The molecule has 3 heteroatoms. The number of benzene rings is 1. The van der Waals surface area contributed by atoms with E-state index in [1.165, 1.54) is 18.2 Å². The highest BCUT2D eigenvalue weighted by atomic mass is 19.3. The molecule has 1 aromatic rings. The summed E-state index contributed by atoms with van der Waals surface area (Å²) >= 11 is 0. The Hall–Kier alpha value is -0.990. The summed E-state index contributed by atoms with van der Waals surface area (Å²) < 4.78 is 38.5. The average molecular weight is 200 g/mol. The van der Waals surface area contributed by atoms with Crippen LogP contribution in [-0.2, 0) is 5.41 Å². The van der Waals surface area contributed by atoms with E-state index in [1.807, 2.05) is 0 Å². The normalized spacial score (nSPS) is 19.4. The van der Waals surface area contributed by atoms with Gasteiger partial charge in [0.25, 0.3) is 0 Å². The molecule has 1 aliphatic rings. The molecule has 2 rings (SSSR count). The summed E-state index contributed by atoms with van der Waals surface area (Å²) in [5.74, 6) is -0.436. The van der Waals surface area contributed by atoms with E-state index in [1.54, 1.807) is 6.07 Å². The van der Waals surface area contributed by atoms with Crippen molar-refractivity contribution in [3.8, 4) is 0 Å². The van der Waals surface area contributed by atoms with Crippen molar-refractivity contribution in [3.05, 3.63) is 35.6 Å². The number of rotatable bonds is 2. The van der Waals surface area contributed by atoms with Gasteiger partial charge in [-0.1, -0.05) is 18.6 Å². The molecule has 0 amide bonds. The topological polar surface area (TPSA) is 0 Å². The van der Waals surface area contributed by atoms with Gasteiger partial charge in [-0.05, 0) is 30.5 Å². The van der Waals surface area contributed by atoms with Gasteiger partial charge in [0, 0.05) is 0 Å². The van der Waals surface area contributed by atoms with Gasteiger partial charge in [-0.15, -0.1) is 0 Å². The van der Waals surface area contributed by atoms with Crippen molar-refractivity contribution in [1.82, 2.24) is 0 Å². The first-order valence-electron chi connectivity index (χ1n) is 4.69. The molecule has 1 fully saturated rings. The van der Waals surface area contributed by atoms with Crippen LogP contribution in [0, 0.1) is 5.82 Å². The Morgan fingerprint density at radius 1 is 1.21 bits per heavy atom. The molecule has 0 spiro atoms. The van der Waals surface area contributed by atoms with Crippen LogP contribution in [0.15, 0.2) is 24.3 Å². The minimum atomic E-state index is -2.39. The standard InChI is InChI=1S/C11H11F3/c12-9-4-1-3-8(7-9)11(10(13)14)5-2-6-11/h1,3-4,7,10H,2,5-6H2. The van der Waals surface area contributed by atoms with Crippen LogP contribution in [0.5, 0.6) is 0 Å². The summed E-state index contributed by atoms with van der Waals surface area (Å²) in [6, 6.07) is 5.59. The van der Waals surface area contributed by atoms with Crippen molar-refractivity contribution >= 4 is 0 Å². The SMILES string of the molecule is Fc1cccc(C2(C(F)F)CCC2)c1. The molecular weight excluding hydrogens is 189 g/mol. The summed E-state index contributed by atoms with van der Waals surface area (Å²) in [5, 5.41) is 0. The zero-order chi connectivity index (χ0) is 10.2. The van der Waals surface area contributed by atoms with Gasteiger partial charge in [0.15, 0.2) is 0 Å². The van der Waals surface area contributed by atoms with E-state index in [-0.39, 0.29) is 0 Å². The monoisotopic (exact) mass is 200 g/mol. The van der Waals surface area contributed by atoms with Crippen LogP contribution in [0.1, 0.15) is 24.8 Å². The lowest BCUT2D eigenvalue weighted by Crippen LogP contribution is -2.41. The maximum atomic E-state index is 12.9. The van der Waals surface area contributed by atoms with Crippen molar-refractivity contribution in [2.45, 2.75) is 31.1 Å². The van der Waals surface area contributed by atoms with Crippen LogP contribution in [0.2, 0.25) is 0 Å². The molecule has 0 aromatic heterocycles. The smallest absolute Gasteiger partial charge is 0.210 e. The number of alkyl halides is 2. The van der Waals surface area contributed by atoms with E-state index in [0.29, 0.717) is 18.4 Å². The number of halogens is 3. The summed E-state index contributed by atoms with van der Waals surface area (Å²) in [4.78, 5) is 0. The van der Waals surface area contributed by atoms with Crippen LogP contribution < -0.4 is 0 Å². The highest BCUT2D eigenvalue weighted by Gasteiger charge is 2.46. The molecule has 0 aliphatic heterocycles. The maximum Gasteiger partial charge on any atom is 0.248 e. The minimum Gasteiger partial charge on any atom is -0.210 e. The highest BCUT2D eigenvalue weighted by Crippen LogP contribution is 2.48. The van der Waals surface area contributed by atoms with Crippen molar-refractivity contribution in [2.75, 3.05) is 0 Å². The second kappa shape index (κ2) is 3.30. The third-order valence-electron chi connectivity index (χ3n) is 3.06. The van der Waals surface area contributed by atoms with Gasteiger partial charge in [-0.25, -0.2) is 13.2 Å². The zero-order valence-corrected chi connectivity index (χ0v) is 7.64. The van der Waals surface area contributed by atoms with E-state index in [2.05, 4.69) is 0 Å². The van der Waals surface area contributed by atoms with Crippen molar-refractivity contribution in [3.63, 3.8) is 0 Å². The van der Waals surface area contributed by atoms with E-state index in [0.717, 1.165) is 6.42 Å². The molecule has 0 bridgehead atoms. The van der Waals surface area contributed by atoms with Crippen LogP contribution in [-0.4, -0.2) is 6.43 Å². The Labute approximate surface area is 80.7 Å². The van der Waals surface area contributed by atoms with Crippen LogP contribution in [0.3, 0.4) is 0 Å². The molecule has 1 saturated carbocycles. The molecule has 1 aromatic carbocycles. The fourth-order valence-electron chi connectivity index (χ4n) is 1.99. The highest BCUT2D eigenvalue weighted by molar-refractivity contribution is 5.29. The van der Waals surface area contributed by atoms with Crippen molar-refractivity contribution in [1.29, 1.82) is 0 Å². The van der Waals surface area contributed by atoms with Gasteiger partial charge >= 0.3 is 0 Å². The van der Waals surface area contributed by atoms with E-state index in [9.17, 15) is 13.2 Å². The summed E-state index contributed by atoms with van der Waals surface area (Å²) in [7, 11) is 0. The number of hydrogen-bond acceptors (Lipinski definition) is 0. The third-order valence-corrected chi connectivity index (χ3v) is 3.06. The maximum absolute atomic E-state index is 12.9. The quantitative estimate of drug-likeness (QED) is 0.685. The Morgan fingerprint density at radius 2 is 1.93 bits per heavy atom. The molecule has 0 saturated heterocycles. The molecule has 0 unspecified atom stereocenters. The molecule has 14 heavy (non-hydrogen) atoms. The van der Waals surface area contributed by atoms with E-state index >= 15 is 0 Å². The van der Waals surface area contributed by atoms with Crippen LogP contribution in [0.25, 0.3) is 0 Å². The Bertz CT molecular complexity index is 329. The molecule has 1 aliphatic carbocycles. The van der Waals surface area contributed by atoms with Gasteiger partial charge in [0.05, 0.1) is 5.41 Å². The largest absolute Gasteiger partial charge is 0.248 e. The average Bonchev–Trinajstić information content (AvgIpc) is 2.00. The summed E-state index contributed by atoms with van der Waals surface area (Å²) in [6.07, 6.45) is -0.652. The molecule has 76 valence electrons. The minimum absolute atomic E-state index is 0.436. The predicted molar refractivity (Wildman–Crippen MR) is 47.9 cm³/mol. The lowest BCUT2D eigenvalue weighted by molar-refractivity contribution is 0.000688. The van der Waals surface area contributed by atoms with Gasteiger partial charge in [-0.3, -0.25) is 0 Å². The molecule has 0 nitrogen and oxygen atoms in total. The fraction of sp³-hybridized carbons (Fsp3) is 0.455. The third kappa shape index (κ3) is 1.31. The second-order valence-corrected chi connectivity index (χ2v) is 3.82. The van der Waals surface area contributed by atoms with Crippen LogP contribution >= 0.6 is 0 Å². The zero-order valence-electron chi connectivity index (χ0n) is 7.64. The molecule has 0 N–H and O–H groups in total. The Kier molecular flexibility index (Phi) is 2.25. The van der Waals surface area contributed by atoms with Gasteiger partial charge in [0.2, 0.25) is 6.43 Å². The second-order valence-electron chi connectivity index (χ2n) is 3.82. The first-order valence-corrected chi connectivity index (χ1v) is 4.69. The fourth-order valence-corrected chi connectivity index (χ4v) is 1.99. The molecule has 0 heterocycles. The summed E-state index contributed by atoms with van der Waals surface area (Å²) in [5.41, 5.74) is -0.624. The first kappa shape index (κ1) is 9.56. The lowest BCUT2D eigenvalue weighted by Gasteiger charge is -2.41. The molecule has 0 radical (unpaired) electrons. The van der Waals surface area contributed by atoms with Gasteiger partial charge < -0.3 is 0 Å². The Balaban J connectivity index is 2.37. The molecular formula is C11H11F3. The molecule has 0 atom stereocenters. The van der Waals surface area contributed by atoms with E-state index < -0.39 is 17.7 Å². The van der Waals surface area contributed by atoms with Gasteiger partial charge in [-0.2, -0.15) is 0 Å². The van der Waals surface area contributed by atoms with Crippen molar-refractivity contribution < 1.29 is 13.2 Å². The van der Waals surface area contributed by atoms with Crippen LogP contribution in [0.4, 0.5) is 13.2 Å². The predicted octanol–water partition coefficient (Wildman–Crippen LogP) is 3.51.